The highest BCUT2D eigenvalue weighted by molar-refractivity contribution is 5.79. The smallest absolute Gasteiger partial charge is 0.231 e. The molecule has 0 saturated heterocycles. The Morgan fingerprint density at radius 1 is 1.10 bits per heavy atom. The largest absolute Gasteiger partial charge is 0.369 e. The van der Waals surface area contributed by atoms with Gasteiger partial charge >= 0.3 is 0 Å². The van der Waals surface area contributed by atoms with Gasteiger partial charge in [0.2, 0.25) is 11.8 Å². The molecule has 0 fully saturated rings. The summed E-state index contributed by atoms with van der Waals surface area (Å²) in [5.41, 5.74) is 12.7. The zero-order valence-corrected chi connectivity index (χ0v) is 12.3. The van der Waals surface area contributed by atoms with Crippen molar-refractivity contribution < 1.29 is 9.59 Å². The van der Waals surface area contributed by atoms with Crippen LogP contribution in [0.2, 0.25) is 0 Å². The summed E-state index contributed by atoms with van der Waals surface area (Å²) in [5, 5.41) is 0. The number of carbonyl (C=O) groups is 2. The molecule has 0 atom stereocenters. The van der Waals surface area contributed by atoms with Gasteiger partial charge in [-0.3, -0.25) is 14.5 Å². The SMILES string of the molecule is CC(C)(C)c1cccc(CN(CC(N)=O)CC(N)=O)c1. The topological polar surface area (TPSA) is 89.4 Å². The van der Waals surface area contributed by atoms with Crippen LogP contribution >= 0.6 is 0 Å². The Morgan fingerprint density at radius 2 is 1.65 bits per heavy atom. The summed E-state index contributed by atoms with van der Waals surface area (Å²) in [7, 11) is 0. The Labute approximate surface area is 119 Å². The number of nitrogens with two attached hydrogens (primary N) is 2. The van der Waals surface area contributed by atoms with Crippen LogP contribution in [0.15, 0.2) is 24.3 Å². The van der Waals surface area contributed by atoms with E-state index in [4.69, 9.17) is 11.5 Å². The zero-order valence-electron chi connectivity index (χ0n) is 12.3. The number of carbonyl (C=O) groups excluding carboxylic acids is 2. The molecule has 0 aliphatic carbocycles. The van der Waals surface area contributed by atoms with Gasteiger partial charge < -0.3 is 11.5 Å². The van der Waals surface area contributed by atoms with Crippen molar-refractivity contribution in [3.05, 3.63) is 35.4 Å². The normalized spacial score (nSPS) is 11.6. The van der Waals surface area contributed by atoms with Crippen molar-refractivity contribution in [1.82, 2.24) is 4.90 Å². The van der Waals surface area contributed by atoms with Crippen molar-refractivity contribution in [1.29, 1.82) is 0 Å². The number of amides is 2. The van der Waals surface area contributed by atoms with E-state index in [9.17, 15) is 9.59 Å². The maximum Gasteiger partial charge on any atom is 0.231 e. The monoisotopic (exact) mass is 277 g/mol. The number of benzene rings is 1. The second kappa shape index (κ2) is 6.52. The van der Waals surface area contributed by atoms with E-state index in [1.807, 2.05) is 12.1 Å². The Bertz CT molecular complexity index is 476. The van der Waals surface area contributed by atoms with Gasteiger partial charge in [-0.15, -0.1) is 0 Å². The summed E-state index contributed by atoms with van der Waals surface area (Å²) in [6, 6.07) is 8.08. The van der Waals surface area contributed by atoms with Crippen molar-refractivity contribution in [3.63, 3.8) is 0 Å². The molecule has 20 heavy (non-hydrogen) atoms. The van der Waals surface area contributed by atoms with Crippen molar-refractivity contribution in [2.24, 2.45) is 11.5 Å². The van der Waals surface area contributed by atoms with Crippen molar-refractivity contribution >= 4 is 11.8 Å². The van der Waals surface area contributed by atoms with Gasteiger partial charge in [-0.1, -0.05) is 45.0 Å². The lowest BCUT2D eigenvalue weighted by molar-refractivity contribution is -0.122. The van der Waals surface area contributed by atoms with Gasteiger partial charge in [-0.2, -0.15) is 0 Å². The Kier molecular flexibility index (Phi) is 5.27. The van der Waals surface area contributed by atoms with E-state index in [-0.39, 0.29) is 18.5 Å². The first kappa shape index (κ1) is 16.2. The van der Waals surface area contributed by atoms with E-state index >= 15 is 0 Å². The quantitative estimate of drug-likeness (QED) is 0.804. The third-order valence-corrected chi connectivity index (χ3v) is 2.96. The molecule has 0 heterocycles. The van der Waals surface area contributed by atoms with E-state index in [1.54, 1.807) is 4.90 Å². The van der Waals surface area contributed by atoms with Gasteiger partial charge in [0.05, 0.1) is 13.1 Å². The van der Waals surface area contributed by atoms with Gasteiger partial charge in [0.25, 0.3) is 0 Å². The summed E-state index contributed by atoms with van der Waals surface area (Å²) in [6.07, 6.45) is 0. The molecule has 110 valence electrons. The number of hydrogen-bond acceptors (Lipinski definition) is 3. The lowest BCUT2D eigenvalue weighted by Gasteiger charge is -2.22. The van der Waals surface area contributed by atoms with Gasteiger partial charge in [-0.05, 0) is 16.5 Å². The highest BCUT2D eigenvalue weighted by atomic mass is 16.2. The van der Waals surface area contributed by atoms with Crippen LogP contribution in [0.5, 0.6) is 0 Å². The average molecular weight is 277 g/mol. The van der Waals surface area contributed by atoms with E-state index in [0.717, 1.165) is 5.56 Å². The van der Waals surface area contributed by atoms with Crippen LogP contribution in [-0.4, -0.2) is 29.8 Å². The Hall–Kier alpha value is -1.88. The highest BCUT2D eigenvalue weighted by Crippen LogP contribution is 2.23. The fourth-order valence-corrected chi connectivity index (χ4v) is 2.00. The van der Waals surface area contributed by atoms with Crippen LogP contribution in [0.3, 0.4) is 0 Å². The Balaban J connectivity index is 2.87. The Morgan fingerprint density at radius 3 is 2.10 bits per heavy atom. The molecule has 5 heteroatoms. The zero-order chi connectivity index (χ0) is 15.3. The third-order valence-electron chi connectivity index (χ3n) is 2.96. The molecule has 1 aromatic carbocycles. The van der Waals surface area contributed by atoms with E-state index in [1.165, 1.54) is 5.56 Å². The fourth-order valence-electron chi connectivity index (χ4n) is 2.00. The standard InChI is InChI=1S/C15H23N3O2/c1-15(2,3)12-6-4-5-11(7-12)8-18(9-13(16)19)10-14(17)20/h4-7H,8-10H2,1-3H3,(H2,16,19)(H2,17,20). The summed E-state index contributed by atoms with van der Waals surface area (Å²) in [6.45, 7) is 6.91. The van der Waals surface area contributed by atoms with Crippen molar-refractivity contribution in [2.45, 2.75) is 32.7 Å². The van der Waals surface area contributed by atoms with Crippen molar-refractivity contribution in [2.75, 3.05) is 13.1 Å². The maximum atomic E-state index is 11.0. The molecular weight excluding hydrogens is 254 g/mol. The molecule has 0 aliphatic heterocycles. The molecule has 0 spiro atoms. The molecule has 2 amide bonds. The first-order valence-electron chi connectivity index (χ1n) is 6.57. The molecule has 0 radical (unpaired) electrons. The summed E-state index contributed by atoms with van der Waals surface area (Å²) in [4.78, 5) is 23.7. The summed E-state index contributed by atoms with van der Waals surface area (Å²) in [5.74, 6) is -0.948. The molecule has 5 nitrogen and oxygen atoms in total. The number of rotatable bonds is 6. The highest BCUT2D eigenvalue weighted by Gasteiger charge is 2.16. The molecule has 0 unspecified atom stereocenters. The van der Waals surface area contributed by atoms with Gasteiger partial charge in [0.1, 0.15) is 0 Å². The first-order valence-corrected chi connectivity index (χ1v) is 6.57. The molecule has 0 saturated carbocycles. The summed E-state index contributed by atoms with van der Waals surface area (Å²) >= 11 is 0. The van der Waals surface area contributed by atoms with E-state index in [2.05, 4.69) is 32.9 Å². The van der Waals surface area contributed by atoms with Crippen LogP contribution < -0.4 is 11.5 Å². The summed E-state index contributed by atoms with van der Waals surface area (Å²) < 4.78 is 0. The van der Waals surface area contributed by atoms with Crippen LogP contribution in [-0.2, 0) is 21.5 Å². The molecular formula is C15H23N3O2. The predicted molar refractivity (Wildman–Crippen MR) is 78.8 cm³/mol. The van der Waals surface area contributed by atoms with Gasteiger partial charge in [0, 0.05) is 6.54 Å². The van der Waals surface area contributed by atoms with Gasteiger partial charge in [0.15, 0.2) is 0 Å². The van der Waals surface area contributed by atoms with Crippen molar-refractivity contribution in [3.8, 4) is 0 Å². The molecule has 0 aromatic heterocycles. The molecule has 4 N–H and O–H groups in total. The molecule has 0 aliphatic rings. The first-order chi connectivity index (χ1) is 9.18. The van der Waals surface area contributed by atoms with E-state index < -0.39 is 11.8 Å². The fraction of sp³-hybridized carbons (Fsp3) is 0.467. The number of hydrogen-bond donors (Lipinski definition) is 2. The lowest BCUT2D eigenvalue weighted by atomic mass is 9.86. The lowest BCUT2D eigenvalue weighted by Crippen LogP contribution is -2.39. The van der Waals surface area contributed by atoms with Crippen LogP contribution in [0, 0.1) is 0 Å². The molecule has 0 bridgehead atoms. The predicted octanol–water partition coefficient (Wildman–Crippen LogP) is 0.757. The minimum absolute atomic E-state index is 0.0166. The maximum absolute atomic E-state index is 11.0. The van der Waals surface area contributed by atoms with Crippen LogP contribution in [0.4, 0.5) is 0 Å². The van der Waals surface area contributed by atoms with E-state index in [0.29, 0.717) is 6.54 Å². The second-order valence-electron chi connectivity index (χ2n) is 6.03. The minimum Gasteiger partial charge on any atom is -0.369 e. The number of nitrogens with zero attached hydrogens (tertiary/aromatic N) is 1. The van der Waals surface area contributed by atoms with Crippen LogP contribution in [0.1, 0.15) is 31.9 Å². The molecule has 1 aromatic rings. The average Bonchev–Trinajstić information content (AvgIpc) is 2.26. The third kappa shape index (κ3) is 5.40. The number of primary amides is 2. The second-order valence-corrected chi connectivity index (χ2v) is 6.03. The van der Waals surface area contributed by atoms with Gasteiger partial charge in [-0.25, -0.2) is 0 Å². The van der Waals surface area contributed by atoms with Crippen LogP contribution in [0.25, 0.3) is 0 Å². The minimum atomic E-state index is -0.474. The molecule has 1 rings (SSSR count).